The van der Waals surface area contributed by atoms with Crippen molar-refractivity contribution in [3.8, 4) is 0 Å². The van der Waals surface area contributed by atoms with E-state index in [4.69, 9.17) is 4.74 Å². The molecule has 29 heavy (non-hydrogen) atoms. The summed E-state index contributed by atoms with van der Waals surface area (Å²) in [6.45, 7) is 10.8. The summed E-state index contributed by atoms with van der Waals surface area (Å²) < 4.78 is 7.99. The third-order valence-electron chi connectivity index (χ3n) is 5.55. The maximum Gasteiger partial charge on any atom is 0.230 e. The van der Waals surface area contributed by atoms with Gasteiger partial charge in [0.15, 0.2) is 5.16 Å². The highest BCUT2D eigenvalue weighted by atomic mass is 32.2. The second-order valence-corrected chi connectivity index (χ2v) is 9.04. The van der Waals surface area contributed by atoms with Crippen LogP contribution in [0.1, 0.15) is 55.1 Å². The molecular weight excluding hydrogens is 382 g/mol. The lowest BCUT2D eigenvalue weighted by Gasteiger charge is -2.14. The van der Waals surface area contributed by atoms with E-state index in [0.29, 0.717) is 18.2 Å². The second kappa shape index (κ2) is 10.3. The molecule has 1 saturated heterocycles. The lowest BCUT2D eigenvalue weighted by Crippen LogP contribution is -2.27. The molecule has 1 aliphatic rings. The van der Waals surface area contributed by atoms with Gasteiger partial charge in [-0.3, -0.25) is 4.79 Å². The van der Waals surface area contributed by atoms with Crippen molar-refractivity contribution in [1.29, 1.82) is 0 Å². The number of thioether (sulfide) groups is 1. The summed E-state index contributed by atoms with van der Waals surface area (Å²) in [4.78, 5) is 17.0. The molecule has 2 aromatic rings. The van der Waals surface area contributed by atoms with E-state index < -0.39 is 0 Å². The third kappa shape index (κ3) is 6.09. The molecule has 0 aliphatic carbocycles. The fraction of sp³-hybridized carbons (Fsp3) is 0.565. The number of imidazole rings is 1. The molecule has 1 amide bonds. The van der Waals surface area contributed by atoms with Crippen LogP contribution in [-0.4, -0.2) is 40.5 Å². The number of aryl methyl sites for hydroxylation is 1. The van der Waals surface area contributed by atoms with Gasteiger partial charge in [0.25, 0.3) is 0 Å². The first-order chi connectivity index (χ1) is 13.9. The zero-order chi connectivity index (χ0) is 20.8. The van der Waals surface area contributed by atoms with Crippen LogP contribution in [0, 0.1) is 13.8 Å². The van der Waals surface area contributed by atoms with Gasteiger partial charge in [-0.25, -0.2) is 4.98 Å². The molecule has 158 valence electrons. The standard InChI is InChI=1S/C23H33N3O2S/c1-16(2)20-9-7-19(8-10-20)11-12-24-22(27)15-29-23-25-17(3)18(4)26(23)14-21-6-5-13-28-21/h7-10,16,21H,5-6,11-15H2,1-4H3,(H,24,27). The number of carbonyl (C=O) groups excluding carboxylic acids is 1. The smallest absolute Gasteiger partial charge is 0.230 e. The quantitative estimate of drug-likeness (QED) is 0.622. The fourth-order valence-electron chi connectivity index (χ4n) is 3.54. The molecule has 1 N–H and O–H groups in total. The molecule has 3 rings (SSSR count). The van der Waals surface area contributed by atoms with Crippen LogP contribution in [0.2, 0.25) is 0 Å². The Kier molecular flexibility index (Phi) is 7.78. The minimum atomic E-state index is 0.0516. The molecule has 0 bridgehead atoms. The van der Waals surface area contributed by atoms with E-state index in [1.807, 2.05) is 6.92 Å². The third-order valence-corrected chi connectivity index (χ3v) is 6.52. The van der Waals surface area contributed by atoms with Crippen molar-refractivity contribution < 1.29 is 9.53 Å². The van der Waals surface area contributed by atoms with Gasteiger partial charge >= 0.3 is 0 Å². The molecule has 1 fully saturated rings. The van der Waals surface area contributed by atoms with Gasteiger partial charge in [0.05, 0.1) is 24.1 Å². The van der Waals surface area contributed by atoms with Crippen molar-refractivity contribution in [2.45, 2.75) is 70.7 Å². The number of benzene rings is 1. The number of ether oxygens (including phenoxy) is 1. The Labute approximate surface area is 178 Å². The summed E-state index contributed by atoms with van der Waals surface area (Å²) >= 11 is 1.51. The summed E-state index contributed by atoms with van der Waals surface area (Å²) in [5.41, 5.74) is 4.78. The maximum atomic E-state index is 12.3. The monoisotopic (exact) mass is 415 g/mol. The van der Waals surface area contributed by atoms with E-state index in [0.717, 1.165) is 49.0 Å². The van der Waals surface area contributed by atoms with Crippen molar-refractivity contribution in [1.82, 2.24) is 14.9 Å². The van der Waals surface area contributed by atoms with Crippen molar-refractivity contribution in [2.24, 2.45) is 0 Å². The molecular formula is C23H33N3O2S. The Balaban J connectivity index is 1.46. The van der Waals surface area contributed by atoms with E-state index in [9.17, 15) is 4.79 Å². The van der Waals surface area contributed by atoms with Crippen LogP contribution >= 0.6 is 11.8 Å². The highest BCUT2D eigenvalue weighted by Gasteiger charge is 2.20. The largest absolute Gasteiger partial charge is 0.376 e. The molecule has 1 unspecified atom stereocenters. The molecule has 1 aromatic carbocycles. The molecule has 0 radical (unpaired) electrons. The highest BCUT2D eigenvalue weighted by molar-refractivity contribution is 7.99. The van der Waals surface area contributed by atoms with Crippen LogP contribution < -0.4 is 5.32 Å². The number of amides is 1. The number of nitrogens with one attached hydrogen (secondary N) is 1. The Morgan fingerprint density at radius 2 is 2.07 bits per heavy atom. The topological polar surface area (TPSA) is 56.2 Å². The van der Waals surface area contributed by atoms with Gasteiger partial charge in [0.1, 0.15) is 0 Å². The van der Waals surface area contributed by atoms with E-state index >= 15 is 0 Å². The number of carbonyl (C=O) groups is 1. The Morgan fingerprint density at radius 1 is 1.31 bits per heavy atom. The fourth-order valence-corrected chi connectivity index (χ4v) is 4.47. The number of aromatic nitrogens is 2. The van der Waals surface area contributed by atoms with Gasteiger partial charge in [0, 0.05) is 18.8 Å². The zero-order valence-electron chi connectivity index (χ0n) is 18.0. The van der Waals surface area contributed by atoms with Gasteiger partial charge in [-0.2, -0.15) is 0 Å². The summed E-state index contributed by atoms with van der Waals surface area (Å²) in [6.07, 6.45) is 3.33. The van der Waals surface area contributed by atoms with Crippen LogP contribution in [0.25, 0.3) is 0 Å². The number of nitrogens with zero attached hydrogens (tertiary/aromatic N) is 2. The average molecular weight is 416 g/mol. The van der Waals surface area contributed by atoms with Gasteiger partial charge in [-0.15, -0.1) is 0 Å². The SMILES string of the molecule is Cc1nc(SCC(=O)NCCc2ccc(C(C)C)cc2)n(CC2CCCO2)c1C. The van der Waals surface area contributed by atoms with Gasteiger partial charge < -0.3 is 14.6 Å². The van der Waals surface area contributed by atoms with Crippen molar-refractivity contribution in [3.63, 3.8) is 0 Å². The van der Waals surface area contributed by atoms with Gasteiger partial charge in [0.2, 0.25) is 5.91 Å². The molecule has 1 atom stereocenters. The first-order valence-corrected chi connectivity index (χ1v) is 11.6. The minimum Gasteiger partial charge on any atom is -0.376 e. The normalized spacial score (nSPS) is 16.5. The summed E-state index contributed by atoms with van der Waals surface area (Å²) in [5.74, 6) is 0.977. The van der Waals surface area contributed by atoms with Crippen LogP contribution in [-0.2, 0) is 22.5 Å². The Bertz CT molecular complexity index is 808. The van der Waals surface area contributed by atoms with Crippen molar-refractivity contribution >= 4 is 17.7 Å². The molecule has 0 spiro atoms. The summed E-state index contributed by atoms with van der Waals surface area (Å²) in [7, 11) is 0. The molecule has 6 heteroatoms. The first-order valence-electron chi connectivity index (χ1n) is 10.6. The first kappa shape index (κ1) is 21.9. The Morgan fingerprint density at radius 3 is 2.72 bits per heavy atom. The highest BCUT2D eigenvalue weighted by Crippen LogP contribution is 2.24. The predicted molar refractivity (Wildman–Crippen MR) is 119 cm³/mol. The van der Waals surface area contributed by atoms with E-state index in [1.165, 1.54) is 22.9 Å². The zero-order valence-corrected chi connectivity index (χ0v) is 18.8. The summed E-state index contributed by atoms with van der Waals surface area (Å²) in [6, 6.07) is 8.67. The predicted octanol–water partition coefficient (Wildman–Crippen LogP) is 4.25. The Hall–Kier alpha value is -1.79. The van der Waals surface area contributed by atoms with Crippen LogP contribution in [0.3, 0.4) is 0 Å². The maximum absolute atomic E-state index is 12.3. The van der Waals surface area contributed by atoms with E-state index in [-0.39, 0.29) is 12.0 Å². The van der Waals surface area contributed by atoms with Crippen molar-refractivity contribution in [3.05, 3.63) is 46.8 Å². The number of hydrogen-bond donors (Lipinski definition) is 1. The van der Waals surface area contributed by atoms with Crippen LogP contribution in [0.15, 0.2) is 29.4 Å². The van der Waals surface area contributed by atoms with E-state index in [1.54, 1.807) is 0 Å². The molecule has 1 aliphatic heterocycles. The molecule has 0 saturated carbocycles. The number of hydrogen-bond acceptors (Lipinski definition) is 4. The van der Waals surface area contributed by atoms with Crippen LogP contribution in [0.4, 0.5) is 0 Å². The molecule has 1 aromatic heterocycles. The molecule has 2 heterocycles. The van der Waals surface area contributed by atoms with Crippen LogP contribution in [0.5, 0.6) is 0 Å². The summed E-state index contributed by atoms with van der Waals surface area (Å²) in [5, 5.41) is 3.94. The van der Waals surface area contributed by atoms with Gasteiger partial charge in [-0.1, -0.05) is 49.9 Å². The number of rotatable bonds is 9. The molecule has 5 nitrogen and oxygen atoms in total. The second-order valence-electron chi connectivity index (χ2n) is 8.10. The van der Waals surface area contributed by atoms with Crippen molar-refractivity contribution in [2.75, 3.05) is 18.9 Å². The lowest BCUT2D eigenvalue weighted by atomic mass is 10.0. The average Bonchev–Trinajstić information content (AvgIpc) is 3.31. The lowest BCUT2D eigenvalue weighted by molar-refractivity contribution is -0.118. The minimum absolute atomic E-state index is 0.0516. The van der Waals surface area contributed by atoms with E-state index in [2.05, 4.69) is 59.9 Å². The van der Waals surface area contributed by atoms with Gasteiger partial charge in [-0.05, 0) is 50.2 Å².